The van der Waals surface area contributed by atoms with Gasteiger partial charge in [0.15, 0.2) is 0 Å². The molecule has 2 nitrogen and oxygen atoms in total. The van der Waals surface area contributed by atoms with Crippen molar-refractivity contribution in [1.29, 1.82) is 0 Å². The van der Waals surface area contributed by atoms with E-state index in [0.717, 1.165) is 18.0 Å². The molecule has 1 aromatic heterocycles. The maximum absolute atomic E-state index is 9.58. The Balaban J connectivity index is 1.99. The van der Waals surface area contributed by atoms with Crippen molar-refractivity contribution in [3.63, 3.8) is 0 Å². The number of pyridine rings is 1. The summed E-state index contributed by atoms with van der Waals surface area (Å²) in [7, 11) is 0. The van der Waals surface area contributed by atoms with Crippen molar-refractivity contribution in [3.05, 3.63) is 24.0 Å². The van der Waals surface area contributed by atoms with Crippen LogP contribution in [0.5, 0.6) is 5.75 Å². The molecule has 0 bridgehead atoms. The van der Waals surface area contributed by atoms with Gasteiger partial charge in [0.2, 0.25) is 0 Å². The molecule has 0 saturated heterocycles. The van der Waals surface area contributed by atoms with Crippen LogP contribution in [0.1, 0.15) is 37.8 Å². The minimum atomic E-state index is 0.359. The van der Waals surface area contributed by atoms with Gasteiger partial charge in [0.1, 0.15) is 5.75 Å². The van der Waals surface area contributed by atoms with E-state index in [-0.39, 0.29) is 0 Å². The van der Waals surface area contributed by atoms with E-state index in [0.29, 0.717) is 5.75 Å². The minimum Gasteiger partial charge on any atom is -0.506 e. The Bertz CT molecular complexity index is 292. The van der Waals surface area contributed by atoms with Gasteiger partial charge in [0, 0.05) is 6.20 Å². The van der Waals surface area contributed by atoms with Crippen molar-refractivity contribution in [2.24, 2.45) is 5.92 Å². The Labute approximate surface area is 85.0 Å². The summed E-state index contributed by atoms with van der Waals surface area (Å²) in [6.45, 7) is 0. The molecule has 0 amide bonds. The Morgan fingerprint density at radius 1 is 1.29 bits per heavy atom. The zero-order valence-electron chi connectivity index (χ0n) is 8.45. The van der Waals surface area contributed by atoms with Crippen molar-refractivity contribution in [1.82, 2.24) is 4.98 Å². The lowest BCUT2D eigenvalue weighted by Crippen LogP contribution is -2.10. The molecule has 1 aliphatic carbocycles. The van der Waals surface area contributed by atoms with Crippen LogP contribution in [0.4, 0.5) is 0 Å². The molecule has 0 radical (unpaired) electrons. The molecule has 1 aromatic rings. The number of hydrogen-bond donors (Lipinski definition) is 1. The fourth-order valence-corrected chi connectivity index (χ4v) is 2.25. The zero-order chi connectivity index (χ0) is 9.80. The lowest BCUT2D eigenvalue weighted by Gasteiger charge is -2.21. The summed E-state index contributed by atoms with van der Waals surface area (Å²) in [6.07, 6.45) is 9.39. The van der Waals surface area contributed by atoms with Crippen molar-refractivity contribution in [2.45, 2.75) is 38.5 Å². The first kappa shape index (κ1) is 9.50. The van der Waals surface area contributed by atoms with Crippen LogP contribution in [0.25, 0.3) is 0 Å². The average molecular weight is 191 g/mol. The van der Waals surface area contributed by atoms with Crippen molar-refractivity contribution < 1.29 is 5.11 Å². The highest BCUT2D eigenvalue weighted by molar-refractivity contribution is 5.25. The topological polar surface area (TPSA) is 33.1 Å². The van der Waals surface area contributed by atoms with Gasteiger partial charge in [0.25, 0.3) is 0 Å². The summed E-state index contributed by atoms with van der Waals surface area (Å²) in [4.78, 5) is 4.22. The van der Waals surface area contributed by atoms with E-state index in [1.807, 2.05) is 0 Å². The summed E-state index contributed by atoms with van der Waals surface area (Å²) in [5.41, 5.74) is 0.874. The summed E-state index contributed by atoms with van der Waals surface area (Å²) >= 11 is 0. The molecule has 0 aliphatic heterocycles. The van der Waals surface area contributed by atoms with Crippen molar-refractivity contribution >= 4 is 0 Å². The SMILES string of the molecule is Oc1cccnc1CC1CCCCC1. The van der Waals surface area contributed by atoms with Gasteiger partial charge in [-0.2, -0.15) is 0 Å². The molecule has 2 rings (SSSR count). The molecular weight excluding hydrogens is 174 g/mol. The molecule has 0 spiro atoms. The van der Waals surface area contributed by atoms with Crippen LogP contribution in [0, 0.1) is 5.92 Å². The monoisotopic (exact) mass is 191 g/mol. The van der Waals surface area contributed by atoms with Gasteiger partial charge in [-0.25, -0.2) is 0 Å². The first-order valence-corrected chi connectivity index (χ1v) is 5.49. The Hall–Kier alpha value is -1.05. The smallest absolute Gasteiger partial charge is 0.137 e. The molecule has 1 fully saturated rings. The lowest BCUT2D eigenvalue weighted by molar-refractivity contribution is 0.348. The number of aromatic nitrogens is 1. The molecule has 1 aliphatic rings. The van der Waals surface area contributed by atoms with Gasteiger partial charge in [-0.05, 0) is 24.5 Å². The quantitative estimate of drug-likeness (QED) is 0.779. The maximum Gasteiger partial charge on any atom is 0.137 e. The zero-order valence-corrected chi connectivity index (χ0v) is 8.45. The van der Waals surface area contributed by atoms with Crippen molar-refractivity contribution in [3.8, 4) is 5.75 Å². The Kier molecular flexibility index (Phi) is 3.02. The molecule has 0 unspecified atom stereocenters. The normalized spacial score (nSPS) is 18.3. The van der Waals surface area contributed by atoms with Gasteiger partial charge in [-0.1, -0.05) is 32.1 Å². The first-order valence-electron chi connectivity index (χ1n) is 5.49. The van der Waals surface area contributed by atoms with Crippen LogP contribution in [-0.2, 0) is 6.42 Å². The van der Waals surface area contributed by atoms with Gasteiger partial charge < -0.3 is 5.11 Å². The van der Waals surface area contributed by atoms with E-state index in [1.165, 1.54) is 32.1 Å². The largest absolute Gasteiger partial charge is 0.506 e. The molecule has 1 N–H and O–H groups in total. The highest BCUT2D eigenvalue weighted by atomic mass is 16.3. The molecule has 76 valence electrons. The second kappa shape index (κ2) is 4.45. The fourth-order valence-electron chi connectivity index (χ4n) is 2.25. The average Bonchev–Trinajstić information content (AvgIpc) is 2.23. The molecule has 2 heteroatoms. The summed E-state index contributed by atoms with van der Waals surface area (Å²) < 4.78 is 0. The number of aromatic hydroxyl groups is 1. The van der Waals surface area contributed by atoms with Crippen LogP contribution in [0.2, 0.25) is 0 Å². The third-order valence-electron chi connectivity index (χ3n) is 3.07. The van der Waals surface area contributed by atoms with E-state index in [9.17, 15) is 5.11 Å². The third kappa shape index (κ3) is 2.25. The fraction of sp³-hybridized carbons (Fsp3) is 0.583. The summed E-state index contributed by atoms with van der Waals surface area (Å²) in [5.74, 6) is 1.10. The van der Waals surface area contributed by atoms with E-state index in [2.05, 4.69) is 4.98 Å². The summed E-state index contributed by atoms with van der Waals surface area (Å²) in [5, 5.41) is 9.58. The second-order valence-corrected chi connectivity index (χ2v) is 4.18. The summed E-state index contributed by atoms with van der Waals surface area (Å²) in [6, 6.07) is 3.50. The second-order valence-electron chi connectivity index (χ2n) is 4.18. The molecule has 0 aromatic carbocycles. The maximum atomic E-state index is 9.58. The van der Waals surface area contributed by atoms with Gasteiger partial charge in [-0.3, -0.25) is 4.98 Å². The van der Waals surface area contributed by atoms with Gasteiger partial charge >= 0.3 is 0 Å². The van der Waals surface area contributed by atoms with E-state index in [1.54, 1.807) is 18.3 Å². The highest BCUT2D eigenvalue weighted by Gasteiger charge is 2.15. The molecule has 1 heterocycles. The van der Waals surface area contributed by atoms with Gasteiger partial charge in [-0.15, -0.1) is 0 Å². The van der Waals surface area contributed by atoms with E-state index < -0.39 is 0 Å². The Morgan fingerprint density at radius 2 is 2.07 bits per heavy atom. The third-order valence-corrected chi connectivity index (χ3v) is 3.07. The molecular formula is C12H17NO. The number of nitrogens with zero attached hydrogens (tertiary/aromatic N) is 1. The lowest BCUT2D eigenvalue weighted by atomic mass is 9.86. The number of rotatable bonds is 2. The van der Waals surface area contributed by atoms with Crippen LogP contribution in [0.3, 0.4) is 0 Å². The minimum absolute atomic E-state index is 0.359. The van der Waals surface area contributed by atoms with Gasteiger partial charge in [0.05, 0.1) is 5.69 Å². The van der Waals surface area contributed by atoms with Crippen molar-refractivity contribution in [2.75, 3.05) is 0 Å². The van der Waals surface area contributed by atoms with Crippen LogP contribution in [0.15, 0.2) is 18.3 Å². The Morgan fingerprint density at radius 3 is 2.79 bits per heavy atom. The number of hydrogen-bond acceptors (Lipinski definition) is 2. The molecule has 1 saturated carbocycles. The highest BCUT2D eigenvalue weighted by Crippen LogP contribution is 2.28. The van der Waals surface area contributed by atoms with Crippen LogP contribution in [-0.4, -0.2) is 10.1 Å². The molecule has 14 heavy (non-hydrogen) atoms. The van der Waals surface area contributed by atoms with E-state index >= 15 is 0 Å². The predicted molar refractivity (Wildman–Crippen MR) is 56.2 cm³/mol. The van der Waals surface area contributed by atoms with E-state index in [4.69, 9.17) is 0 Å². The first-order chi connectivity index (χ1) is 6.86. The standard InChI is InChI=1S/C12H17NO/c14-12-7-4-8-13-11(12)9-10-5-2-1-3-6-10/h4,7-8,10,14H,1-3,5-6,9H2. The van der Waals surface area contributed by atoms with Crippen LogP contribution >= 0.6 is 0 Å². The predicted octanol–water partition coefficient (Wildman–Crippen LogP) is 2.91. The van der Waals surface area contributed by atoms with Crippen LogP contribution < -0.4 is 0 Å². The molecule has 0 atom stereocenters.